The minimum atomic E-state index is -0.368. The van der Waals surface area contributed by atoms with Gasteiger partial charge in [-0.25, -0.2) is 4.79 Å². The highest BCUT2D eigenvalue weighted by Gasteiger charge is 2.15. The van der Waals surface area contributed by atoms with Gasteiger partial charge in [0.1, 0.15) is 6.54 Å². The maximum Gasteiger partial charge on any atom is 0.338 e. The Hall–Kier alpha value is -3.41. The summed E-state index contributed by atoms with van der Waals surface area (Å²) in [7, 11) is 0. The number of aldehydes is 1. The number of anilines is 1. The van der Waals surface area contributed by atoms with Crippen LogP contribution in [0.15, 0.2) is 48.5 Å². The zero-order chi connectivity index (χ0) is 20.8. The first-order valence-electron chi connectivity index (χ1n) is 9.65. The number of benzene rings is 2. The van der Waals surface area contributed by atoms with Crippen LogP contribution in [0.3, 0.4) is 0 Å². The van der Waals surface area contributed by atoms with Crippen LogP contribution in [0.2, 0.25) is 0 Å². The van der Waals surface area contributed by atoms with Gasteiger partial charge in [0, 0.05) is 27.8 Å². The monoisotopic (exact) mass is 392 g/mol. The van der Waals surface area contributed by atoms with Crippen molar-refractivity contribution in [3.05, 3.63) is 65.4 Å². The number of amides is 1. The van der Waals surface area contributed by atoms with Crippen molar-refractivity contribution in [3.8, 4) is 0 Å². The van der Waals surface area contributed by atoms with Gasteiger partial charge in [0.25, 0.3) is 0 Å². The van der Waals surface area contributed by atoms with Crippen molar-refractivity contribution < 1.29 is 19.1 Å². The van der Waals surface area contributed by atoms with Gasteiger partial charge in [0.15, 0.2) is 6.29 Å². The maximum absolute atomic E-state index is 12.6. The molecule has 6 nitrogen and oxygen atoms in total. The van der Waals surface area contributed by atoms with Crippen LogP contribution < -0.4 is 5.32 Å². The molecule has 6 heteroatoms. The number of carbonyl (C=O) groups excluding carboxylic acids is 3. The standard InChI is InChI=1S/C23H24N2O4/c1-3-4-13-29-23(28)17-9-11-18(12-10-17)24-22(27)14-25-16(2)20(15-26)19-7-5-6-8-21(19)25/h5-12,15H,3-4,13-14H2,1-2H3,(H,24,27). The van der Waals surface area contributed by atoms with Gasteiger partial charge in [-0.2, -0.15) is 0 Å². The van der Waals surface area contributed by atoms with Gasteiger partial charge < -0.3 is 14.6 Å². The van der Waals surface area contributed by atoms with Crippen molar-refractivity contribution in [1.29, 1.82) is 0 Å². The molecule has 0 saturated carbocycles. The van der Waals surface area contributed by atoms with Crippen molar-refractivity contribution in [3.63, 3.8) is 0 Å². The van der Waals surface area contributed by atoms with Crippen LogP contribution in [0, 0.1) is 6.92 Å². The molecular formula is C23H24N2O4. The fraction of sp³-hybridized carbons (Fsp3) is 0.261. The van der Waals surface area contributed by atoms with Gasteiger partial charge in [-0.15, -0.1) is 0 Å². The molecule has 3 aromatic rings. The Balaban J connectivity index is 1.69. The number of rotatable bonds is 8. The normalized spacial score (nSPS) is 10.7. The number of unbranched alkanes of at least 4 members (excludes halogenated alkanes) is 1. The van der Waals surface area contributed by atoms with E-state index in [0.29, 0.717) is 23.4 Å². The second kappa shape index (κ2) is 9.19. The smallest absolute Gasteiger partial charge is 0.338 e. The second-order valence-corrected chi connectivity index (χ2v) is 6.84. The number of esters is 1. The fourth-order valence-electron chi connectivity index (χ4n) is 3.24. The highest BCUT2D eigenvalue weighted by molar-refractivity contribution is 6.00. The third-order valence-corrected chi connectivity index (χ3v) is 4.83. The largest absolute Gasteiger partial charge is 0.462 e. The molecule has 0 unspecified atom stereocenters. The van der Waals surface area contributed by atoms with Crippen molar-refractivity contribution >= 4 is 34.8 Å². The first-order chi connectivity index (χ1) is 14.0. The molecular weight excluding hydrogens is 368 g/mol. The molecule has 0 bridgehead atoms. The lowest BCUT2D eigenvalue weighted by Gasteiger charge is -2.10. The Morgan fingerprint density at radius 3 is 2.52 bits per heavy atom. The third kappa shape index (κ3) is 4.54. The molecule has 1 amide bonds. The van der Waals surface area contributed by atoms with Crippen LogP contribution in [0.5, 0.6) is 0 Å². The molecule has 0 aliphatic heterocycles. The summed E-state index contributed by atoms with van der Waals surface area (Å²) in [5.74, 6) is -0.586. The number of nitrogens with zero attached hydrogens (tertiary/aromatic N) is 1. The average Bonchev–Trinajstić information content (AvgIpc) is 2.99. The zero-order valence-electron chi connectivity index (χ0n) is 16.6. The lowest BCUT2D eigenvalue weighted by Crippen LogP contribution is -2.19. The summed E-state index contributed by atoms with van der Waals surface area (Å²) in [6.07, 6.45) is 2.62. The van der Waals surface area contributed by atoms with Crippen LogP contribution in [-0.2, 0) is 16.1 Å². The number of carbonyl (C=O) groups is 3. The molecule has 0 atom stereocenters. The van der Waals surface area contributed by atoms with Crippen molar-refractivity contribution in [1.82, 2.24) is 4.57 Å². The van der Waals surface area contributed by atoms with E-state index in [1.165, 1.54) is 0 Å². The molecule has 0 saturated heterocycles. The lowest BCUT2D eigenvalue weighted by molar-refractivity contribution is -0.116. The van der Waals surface area contributed by atoms with E-state index in [9.17, 15) is 14.4 Å². The van der Waals surface area contributed by atoms with Crippen LogP contribution in [0.25, 0.3) is 10.9 Å². The highest BCUT2D eigenvalue weighted by atomic mass is 16.5. The molecule has 1 aromatic heterocycles. The van der Waals surface area contributed by atoms with E-state index in [4.69, 9.17) is 4.74 Å². The zero-order valence-corrected chi connectivity index (χ0v) is 16.6. The number of para-hydroxylation sites is 1. The van der Waals surface area contributed by atoms with Crippen molar-refractivity contribution in [2.24, 2.45) is 0 Å². The Morgan fingerprint density at radius 2 is 1.83 bits per heavy atom. The van der Waals surface area contributed by atoms with E-state index in [2.05, 4.69) is 5.32 Å². The van der Waals surface area contributed by atoms with Gasteiger partial charge in [-0.05, 0) is 43.7 Å². The molecule has 2 aromatic carbocycles. The summed E-state index contributed by atoms with van der Waals surface area (Å²) in [5, 5.41) is 3.66. The summed E-state index contributed by atoms with van der Waals surface area (Å²) in [6, 6.07) is 14.1. The molecule has 150 valence electrons. The van der Waals surface area contributed by atoms with E-state index in [-0.39, 0.29) is 18.4 Å². The quantitative estimate of drug-likeness (QED) is 0.351. The SMILES string of the molecule is CCCCOC(=O)c1ccc(NC(=O)Cn2c(C)c(C=O)c3ccccc32)cc1. The minimum absolute atomic E-state index is 0.0843. The Labute approximate surface area is 169 Å². The summed E-state index contributed by atoms with van der Waals surface area (Å²) in [5.41, 5.74) is 3.22. The molecule has 29 heavy (non-hydrogen) atoms. The van der Waals surface area contributed by atoms with Gasteiger partial charge >= 0.3 is 5.97 Å². The van der Waals surface area contributed by atoms with E-state index in [0.717, 1.165) is 35.7 Å². The predicted octanol–water partition coefficient (Wildman–Crippen LogP) is 4.36. The van der Waals surface area contributed by atoms with Gasteiger partial charge in [0.05, 0.1) is 12.2 Å². The lowest BCUT2D eigenvalue weighted by atomic mass is 10.1. The number of hydrogen-bond donors (Lipinski definition) is 1. The van der Waals surface area contributed by atoms with Crippen LogP contribution in [0.1, 0.15) is 46.2 Å². The first-order valence-corrected chi connectivity index (χ1v) is 9.65. The highest BCUT2D eigenvalue weighted by Crippen LogP contribution is 2.24. The summed E-state index contributed by atoms with van der Waals surface area (Å²) >= 11 is 0. The van der Waals surface area contributed by atoms with Crippen LogP contribution in [0.4, 0.5) is 5.69 Å². The summed E-state index contributed by atoms with van der Waals surface area (Å²) in [4.78, 5) is 36.0. The third-order valence-electron chi connectivity index (χ3n) is 4.83. The minimum Gasteiger partial charge on any atom is -0.462 e. The number of fused-ring (bicyclic) bond motifs is 1. The molecule has 1 heterocycles. The molecule has 3 rings (SSSR count). The van der Waals surface area contributed by atoms with Crippen LogP contribution in [-0.4, -0.2) is 29.3 Å². The van der Waals surface area contributed by atoms with Crippen molar-refractivity contribution in [2.75, 3.05) is 11.9 Å². The second-order valence-electron chi connectivity index (χ2n) is 6.84. The van der Waals surface area contributed by atoms with E-state index >= 15 is 0 Å². The van der Waals surface area contributed by atoms with Gasteiger partial charge in [-0.3, -0.25) is 9.59 Å². The molecule has 0 aliphatic carbocycles. The van der Waals surface area contributed by atoms with E-state index in [1.54, 1.807) is 24.3 Å². The molecule has 0 aliphatic rings. The predicted molar refractivity (Wildman–Crippen MR) is 112 cm³/mol. The Bertz CT molecular complexity index is 1030. The van der Waals surface area contributed by atoms with Gasteiger partial charge in [-0.1, -0.05) is 31.5 Å². The molecule has 0 spiro atoms. The number of nitrogens with one attached hydrogen (secondary N) is 1. The molecule has 0 radical (unpaired) electrons. The van der Waals surface area contributed by atoms with Crippen molar-refractivity contribution in [2.45, 2.75) is 33.2 Å². The summed E-state index contributed by atoms with van der Waals surface area (Å²) in [6.45, 7) is 4.35. The number of aromatic nitrogens is 1. The van der Waals surface area contributed by atoms with E-state index < -0.39 is 0 Å². The molecule has 1 N–H and O–H groups in total. The maximum atomic E-state index is 12.6. The van der Waals surface area contributed by atoms with E-state index in [1.807, 2.05) is 42.7 Å². The molecule has 0 fully saturated rings. The Morgan fingerprint density at radius 1 is 1.10 bits per heavy atom. The fourth-order valence-corrected chi connectivity index (χ4v) is 3.24. The topological polar surface area (TPSA) is 77.4 Å². The number of hydrogen-bond acceptors (Lipinski definition) is 4. The van der Waals surface area contributed by atoms with Gasteiger partial charge in [0.2, 0.25) is 5.91 Å². The first kappa shape index (κ1) is 20.3. The number of ether oxygens (including phenoxy) is 1. The Kier molecular flexibility index (Phi) is 6.44. The summed E-state index contributed by atoms with van der Waals surface area (Å²) < 4.78 is 7.00. The van der Waals surface area contributed by atoms with Crippen LogP contribution >= 0.6 is 0 Å². The average molecular weight is 392 g/mol.